The van der Waals surface area contributed by atoms with Crippen molar-refractivity contribution in [2.24, 2.45) is 0 Å². The van der Waals surface area contributed by atoms with Gasteiger partial charge in [0.1, 0.15) is 5.82 Å². The zero-order valence-electron chi connectivity index (χ0n) is 16.6. The van der Waals surface area contributed by atoms with Gasteiger partial charge in [0.05, 0.1) is 0 Å². The molecule has 0 saturated carbocycles. The highest BCUT2D eigenvalue weighted by molar-refractivity contribution is 7.97. The lowest BCUT2D eigenvalue weighted by Crippen LogP contribution is -2.25. The molecule has 2 N–H and O–H groups in total. The number of amides is 2. The number of nitrogens with one attached hydrogen (secondary N) is 2. The first-order valence-corrected chi connectivity index (χ1v) is 9.88. The number of aryl methyl sites for hydroxylation is 1. The van der Waals surface area contributed by atoms with E-state index in [9.17, 15) is 14.0 Å². The minimum absolute atomic E-state index is 0.105. The van der Waals surface area contributed by atoms with E-state index >= 15 is 0 Å². The molecule has 2 rings (SSSR count). The van der Waals surface area contributed by atoms with Crippen LogP contribution in [0, 0.1) is 12.7 Å². The van der Waals surface area contributed by atoms with Crippen molar-refractivity contribution in [3.05, 3.63) is 59.4 Å². The minimum Gasteiger partial charge on any atom is -0.349 e. The smallest absolute Gasteiger partial charge is 0.255 e. The molecule has 5 nitrogen and oxygen atoms in total. The zero-order chi connectivity index (χ0) is 20.7. The second-order valence-corrected chi connectivity index (χ2v) is 7.80. The van der Waals surface area contributed by atoms with E-state index in [1.165, 1.54) is 24.1 Å². The molecular weight excluding hydrogens is 377 g/mol. The Morgan fingerprint density at radius 3 is 2.61 bits per heavy atom. The Kier molecular flexibility index (Phi) is 8.02. The molecule has 150 valence electrons. The second kappa shape index (κ2) is 10.2. The summed E-state index contributed by atoms with van der Waals surface area (Å²) >= 11 is 1.43. The fraction of sp³-hybridized carbons (Fsp3) is 0.333. The summed E-state index contributed by atoms with van der Waals surface area (Å²) in [6, 6.07) is 11.9. The van der Waals surface area contributed by atoms with Gasteiger partial charge in [-0.05, 0) is 74.2 Å². The first-order chi connectivity index (χ1) is 13.3. The molecule has 2 aromatic carbocycles. The van der Waals surface area contributed by atoms with Gasteiger partial charge in [0.25, 0.3) is 5.91 Å². The normalized spacial score (nSPS) is 11.8. The predicted molar refractivity (Wildman–Crippen MR) is 112 cm³/mol. The number of rotatable bonds is 8. The number of halogens is 1. The summed E-state index contributed by atoms with van der Waals surface area (Å²) in [4.78, 5) is 26.6. The number of hydrogen-bond donors (Lipinski definition) is 2. The molecule has 7 heteroatoms. The molecule has 1 unspecified atom stereocenters. The van der Waals surface area contributed by atoms with Crippen molar-refractivity contribution in [2.45, 2.75) is 37.6 Å². The Morgan fingerprint density at radius 2 is 1.93 bits per heavy atom. The first-order valence-electron chi connectivity index (χ1n) is 9.06. The fourth-order valence-corrected chi connectivity index (χ4v) is 3.21. The maximum atomic E-state index is 13.4. The van der Waals surface area contributed by atoms with E-state index in [4.69, 9.17) is 0 Å². The van der Waals surface area contributed by atoms with E-state index in [1.54, 1.807) is 44.1 Å². The molecule has 0 fully saturated rings. The number of carbonyl (C=O) groups is 2. The third-order valence-corrected chi connectivity index (χ3v) is 5.19. The molecule has 0 radical (unpaired) electrons. The number of nitrogens with zero attached hydrogens (tertiary/aromatic N) is 1. The van der Waals surface area contributed by atoms with Crippen LogP contribution in [0.15, 0.2) is 47.4 Å². The van der Waals surface area contributed by atoms with Crippen LogP contribution in [0.25, 0.3) is 0 Å². The zero-order valence-corrected chi connectivity index (χ0v) is 17.4. The molecular formula is C21H26FN3O2S. The van der Waals surface area contributed by atoms with Crippen LogP contribution in [0.2, 0.25) is 0 Å². The van der Waals surface area contributed by atoms with Gasteiger partial charge in [0.15, 0.2) is 0 Å². The molecule has 0 aliphatic carbocycles. The van der Waals surface area contributed by atoms with E-state index in [-0.39, 0.29) is 23.7 Å². The largest absolute Gasteiger partial charge is 0.349 e. The van der Waals surface area contributed by atoms with Crippen molar-refractivity contribution in [3.8, 4) is 0 Å². The highest BCUT2D eigenvalue weighted by atomic mass is 32.2. The summed E-state index contributed by atoms with van der Waals surface area (Å²) in [6.45, 7) is 3.67. The first kappa shape index (κ1) is 21.9. The van der Waals surface area contributed by atoms with Gasteiger partial charge in [-0.2, -0.15) is 0 Å². The number of hydrogen-bond acceptors (Lipinski definition) is 4. The van der Waals surface area contributed by atoms with Gasteiger partial charge < -0.3 is 10.2 Å². The van der Waals surface area contributed by atoms with Crippen LogP contribution in [0.5, 0.6) is 0 Å². The topological polar surface area (TPSA) is 61.4 Å². The Labute approximate surface area is 169 Å². The molecule has 0 bridgehead atoms. The van der Waals surface area contributed by atoms with Gasteiger partial charge in [-0.15, -0.1) is 0 Å². The van der Waals surface area contributed by atoms with Crippen LogP contribution in [-0.4, -0.2) is 36.9 Å². The van der Waals surface area contributed by atoms with Crippen molar-refractivity contribution in [3.63, 3.8) is 0 Å². The second-order valence-electron chi connectivity index (χ2n) is 6.89. The molecule has 0 aromatic heterocycles. The summed E-state index contributed by atoms with van der Waals surface area (Å²) in [6.07, 6.45) is 1.22. The van der Waals surface area contributed by atoms with E-state index in [0.29, 0.717) is 23.2 Å². The fourth-order valence-electron chi connectivity index (χ4n) is 2.42. The van der Waals surface area contributed by atoms with Crippen molar-refractivity contribution >= 4 is 29.4 Å². The Morgan fingerprint density at radius 1 is 1.18 bits per heavy atom. The van der Waals surface area contributed by atoms with Crippen LogP contribution in [0.3, 0.4) is 0 Å². The molecule has 0 heterocycles. The SMILES string of the molecule is Cc1cc(NC(=O)c2cccc(SNC(C)CCC(=O)N(C)C)c2)ccc1F. The summed E-state index contributed by atoms with van der Waals surface area (Å²) in [7, 11) is 3.50. The Balaban J connectivity index is 1.91. The monoisotopic (exact) mass is 403 g/mol. The van der Waals surface area contributed by atoms with E-state index < -0.39 is 0 Å². The average molecular weight is 404 g/mol. The van der Waals surface area contributed by atoms with Crippen LogP contribution in [0.1, 0.15) is 35.7 Å². The predicted octanol–water partition coefficient (Wildman–Crippen LogP) is 4.24. The third-order valence-electron chi connectivity index (χ3n) is 4.18. The maximum absolute atomic E-state index is 13.4. The van der Waals surface area contributed by atoms with Crippen molar-refractivity contribution < 1.29 is 14.0 Å². The van der Waals surface area contributed by atoms with E-state index in [1.807, 2.05) is 19.1 Å². The van der Waals surface area contributed by atoms with Gasteiger partial charge in [-0.25, -0.2) is 4.39 Å². The third kappa shape index (κ3) is 6.65. The van der Waals surface area contributed by atoms with Crippen LogP contribution >= 0.6 is 11.9 Å². The standard InChI is InChI=1S/C21H26FN3O2S/c1-14-12-17(9-10-19(14)22)23-21(27)16-6-5-7-18(13-16)28-24-15(2)8-11-20(26)25(3)4/h5-7,9-10,12-13,15,24H,8,11H2,1-4H3,(H,23,27). The van der Waals surface area contributed by atoms with Gasteiger partial charge in [-0.3, -0.25) is 14.3 Å². The molecule has 0 saturated heterocycles. The number of anilines is 1. The number of benzene rings is 2. The Hall–Kier alpha value is -2.38. The van der Waals surface area contributed by atoms with Gasteiger partial charge >= 0.3 is 0 Å². The van der Waals surface area contributed by atoms with E-state index in [2.05, 4.69) is 10.0 Å². The molecule has 2 aromatic rings. The van der Waals surface area contributed by atoms with Crippen molar-refractivity contribution in [1.82, 2.24) is 9.62 Å². The van der Waals surface area contributed by atoms with Gasteiger partial charge in [0, 0.05) is 42.7 Å². The lowest BCUT2D eigenvalue weighted by Gasteiger charge is -2.15. The van der Waals surface area contributed by atoms with Crippen LogP contribution < -0.4 is 10.0 Å². The maximum Gasteiger partial charge on any atom is 0.255 e. The van der Waals surface area contributed by atoms with Gasteiger partial charge in [0.2, 0.25) is 5.91 Å². The molecule has 0 spiro atoms. The summed E-state index contributed by atoms with van der Waals surface area (Å²) in [5, 5.41) is 2.78. The highest BCUT2D eigenvalue weighted by Gasteiger charge is 2.11. The summed E-state index contributed by atoms with van der Waals surface area (Å²) in [5.74, 6) is -0.449. The Bertz CT molecular complexity index is 842. The van der Waals surface area contributed by atoms with Gasteiger partial charge in [-0.1, -0.05) is 6.07 Å². The highest BCUT2D eigenvalue weighted by Crippen LogP contribution is 2.20. The quantitative estimate of drug-likeness (QED) is 0.647. The number of carbonyl (C=O) groups excluding carboxylic acids is 2. The lowest BCUT2D eigenvalue weighted by atomic mass is 10.2. The molecule has 0 aliphatic heterocycles. The van der Waals surface area contributed by atoms with Crippen LogP contribution in [-0.2, 0) is 4.79 Å². The summed E-state index contributed by atoms with van der Waals surface area (Å²) < 4.78 is 16.7. The van der Waals surface area contributed by atoms with Crippen molar-refractivity contribution in [2.75, 3.05) is 19.4 Å². The summed E-state index contributed by atoms with van der Waals surface area (Å²) in [5.41, 5.74) is 1.55. The average Bonchev–Trinajstić information content (AvgIpc) is 2.67. The van der Waals surface area contributed by atoms with Crippen molar-refractivity contribution in [1.29, 1.82) is 0 Å². The molecule has 2 amide bonds. The minimum atomic E-state index is -0.302. The van der Waals surface area contributed by atoms with Crippen LogP contribution in [0.4, 0.5) is 10.1 Å². The molecule has 0 aliphatic rings. The lowest BCUT2D eigenvalue weighted by molar-refractivity contribution is -0.128. The molecule has 28 heavy (non-hydrogen) atoms. The van der Waals surface area contributed by atoms with E-state index in [0.717, 1.165) is 11.3 Å². The molecule has 1 atom stereocenters.